The minimum atomic E-state index is -1.29. The standard InChI is InChI=1S/C28H29N7O6S2.Na.H/c29-28-32-20(15-43-28)34(21(36)12-31-41-19-3-1-2-4-19)23-25(38)35-22(27(39)40)18(14-42-26(23)35)11-17-7-10-33(24(17)37)13-16-5-8-30-9-6-16;;/h5-6,8-9,11-12,15,19,23,26H,1-4,7,10,13-14H2,(H2,29,32)(H,39,40);;/q;+1;-1/b17-11+,31-12-;;/t23-,26-;;/m1../s1. The van der Waals surface area contributed by atoms with Crippen molar-refractivity contribution in [3.63, 3.8) is 0 Å². The van der Waals surface area contributed by atoms with Gasteiger partial charge >= 0.3 is 35.5 Å². The molecule has 0 unspecified atom stereocenters. The maximum absolute atomic E-state index is 13.6. The number of nitrogens with zero attached hydrogens (tertiary/aromatic N) is 6. The molecule has 0 spiro atoms. The molecule has 0 radical (unpaired) electrons. The summed E-state index contributed by atoms with van der Waals surface area (Å²) in [5.41, 5.74) is 7.44. The van der Waals surface area contributed by atoms with Crippen LogP contribution in [0.25, 0.3) is 0 Å². The van der Waals surface area contributed by atoms with Crippen molar-refractivity contribution in [1.29, 1.82) is 0 Å². The van der Waals surface area contributed by atoms with Gasteiger partial charge in [0.05, 0.1) is 0 Å². The number of aromatic nitrogens is 2. The SMILES string of the molecule is Nc1nc(N(C(=O)/C=N\OC2CCCC2)[C@@H]2C(=O)N3C(C(=O)O)=C(/C=C4\CCN(Cc5ccncc5)C4=O)CS[C@H]23)cs1.[H-].[Na+]. The zero-order valence-electron chi connectivity index (χ0n) is 25.0. The number of rotatable bonds is 9. The van der Waals surface area contributed by atoms with Crippen LogP contribution in [0.15, 0.2) is 58.0 Å². The van der Waals surface area contributed by atoms with E-state index in [-0.39, 0.29) is 65.4 Å². The summed E-state index contributed by atoms with van der Waals surface area (Å²) in [5.74, 6) is -2.25. The minimum Gasteiger partial charge on any atom is -1.00 e. The average molecular weight is 648 g/mol. The maximum atomic E-state index is 13.6. The molecule has 3 fully saturated rings. The largest absolute Gasteiger partial charge is 1.00 e. The average Bonchev–Trinajstić information content (AvgIpc) is 3.75. The van der Waals surface area contributed by atoms with E-state index in [4.69, 9.17) is 10.6 Å². The molecule has 3 N–H and O–H groups in total. The Balaban J connectivity index is 0.00000230. The number of hydrogen-bond donors (Lipinski definition) is 2. The first-order chi connectivity index (χ1) is 20.8. The van der Waals surface area contributed by atoms with Crippen LogP contribution in [0.4, 0.5) is 10.9 Å². The van der Waals surface area contributed by atoms with Crippen molar-refractivity contribution < 1.29 is 60.1 Å². The van der Waals surface area contributed by atoms with Gasteiger partial charge in [-0.25, -0.2) is 9.78 Å². The van der Waals surface area contributed by atoms with Crippen LogP contribution in [0.3, 0.4) is 0 Å². The van der Waals surface area contributed by atoms with Gasteiger partial charge in [0.25, 0.3) is 11.8 Å². The molecule has 2 aromatic rings. The first-order valence-electron chi connectivity index (χ1n) is 13.8. The number of hydrogen-bond acceptors (Lipinski definition) is 11. The van der Waals surface area contributed by atoms with Gasteiger partial charge in [-0.15, -0.1) is 23.1 Å². The van der Waals surface area contributed by atoms with E-state index >= 15 is 0 Å². The van der Waals surface area contributed by atoms with Gasteiger partial charge in [-0.05, 0) is 61.4 Å². The molecule has 2 aromatic heterocycles. The van der Waals surface area contributed by atoms with Crippen molar-refractivity contribution in [2.75, 3.05) is 22.9 Å². The van der Waals surface area contributed by atoms with Crippen molar-refractivity contribution in [2.45, 2.75) is 56.2 Å². The molecule has 44 heavy (non-hydrogen) atoms. The number of β-lactam (4-membered cyclic amide) rings is 1. The number of carbonyl (C=O) groups is 4. The Morgan fingerprint density at radius 2 is 2.00 bits per heavy atom. The van der Waals surface area contributed by atoms with Crippen molar-refractivity contribution in [2.24, 2.45) is 5.16 Å². The molecule has 3 amide bonds. The summed E-state index contributed by atoms with van der Waals surface area (Å²) in [6.45, 7) is 0.926. The number of thioether (sulfide) groups is 1. The molecule has 0 aromatic carbocycles. The van der Waals surface area contributed by atoms with E-state index in [1.165, 1.54) is 21.6 Å². The molecule has 4 aliphatic rings. The quantitative estimate of drug-likeness (QED) is 0.119. The summed E-state index contributed by atoms with van der Waals surface area (Å²) in [7, 11) is 0. The summed E-state index contributed by atoms with van der Waals surface area (Å²) in [6.07, 6.45) is 10.2. The Morgan fingerprint density at radius 1 is 1.25 bits per heavy atom. The fourth-order valence-corrected chi connectivity index (χ4v) is 7.60. The predicted octanol–water partition coefficient (Wildman–Crippen LogP) is -0.504. The van der Waals surface area contributed by atoms with Crippen LogP contribution < -0.4 is 40.2 Å². The van der Waals surface area contributed by atoms with Gasteiger partial charge in [0.1, 0.15) is 35.2 Å². The number of anilines is 2. The summed E-state index contributed by atoms with van der Waals surface area (Å²) < 4.78 is 0. The third-order valence-electron chi connectivity index (χ3n) is 7.80. The fourth-order valence-electron chi connectivity index (χ4n) is 5.71. The van der Waals surface area contributed by atoms with E-state index in [1.54, 1.807) is 28.7 Å². The molecule has 1 aliphatic carbocycles. The first kappa shape index (κ1) is 32.2. The number of allylic oxidation sites excluding steroid dienone is 1. The topological polar surface area (TPSA) is 172 Å². The van der Waals surface area contributed by atoms with E-state index in [2.05, 4.69) is 15.1 Å². The number of thiazole rings is 1. The number of carbonyl (C=O) groups excluding carboxylic acids is 3. The van der Waals surface area contributed by atoms with Crippen molar-refractivity contribution in [1.82, 2.24) is 19.8 Å². The molecule has 0 bridgehead atoms. The molecule has 2 saturated heterocycles. The second kappa shape index (κ2) is 13.8. The van der Waals surface area contributed by atoms with Crippen LogP contribution in [0.2, 0.25) is 0 Å². The Labute approximate surface area is 285 Å². The minimum absolute atomic E-state index is 0. The van der Waals surface area contributed by atoms with Crippen LogP contribution in [0.5, 0.6) is 0 Å². The van der Waals surface area contributed by atoms with Crippen molar-refractivity contribution in [3.8, 4) is 0 Å². The first-order valence-corrected chi connectivity index (χ1v) is 15.8. The molecular weight excluding hydrogens is 617 g/mol. The van der Waals surface area contributed by atoms with Gasteiger partial charge in [0, 0.05) is 42.2 Å². The molecule has 13 nitrogen and oxygen atoms in total. The summed E-state index contributed by atoms with van der Waals surface area (Å²) in [6, 6.07) is 2.66. The second-order valence-corrected chi connectivity index (χ2v) is 12.5. The van der Waals surface area contributed by atoms with Gasteiger partial charge in [-0.1, -0.05) is 5.16 Å². The Hall–Kier alpha value is -3.24. The number of fused-ring (bicyclic) bond motifs is 1. The molecule has 1 saturated carbocycles. The number of nitrogen functional groups attached to an aromatic ring is 1. The maximum Gasteiger partial charge on any atom is 1.00 e. The van der Waals surface area contributed by atoms with Crippen LogP contribution in [0.1, 0.15) is 39.1 Å². The number of oxime groups is 1. The Morgan fingerprint density at radius 3 is 2.68 bits per heavy atom. The predicted molar refractivity (Wildman–Crippen MR) is 161 cm³/mol. The van der Waals surface area contributed by atoms with Gasteiger partial charge in [-0.2, -0.15) is 0 Å². The van der Waals surface area contributed by atoms with Gasteiger partial charge in [-0.3, -0.25) is 29.2 Å². The summed E-state index contributed by atoms with van der Waals surface area (Å²) in [4.78, 5) is 70.3. The van der Waals surface area contributed by atoms with E-state index in [0.29, 0.717) is 30.7 Å². The molecule has 226 valence electrons. The molecule has 6 rings (SSSR count). The third-order valence-corrected chi connectivity index (χ3v) is 9.75. The monoisotopic (exact) mass is 647 g/mol. The van der Waals surface area contributed by atoms with E-state index in [1.807, 2.05) is 12.1 Å². The number of carboxylic acids is 1. The normalized spacial score (nSPS) is 22.8. The number of nitrogens with two attached hydrogens (primary N) is 1. The number of amides is 3. The van der Waals surface area contributed by atoms with Crippen LogP contribution in [-0.2, 0) is 30.6 Å². The molecule has 5 heterocycles. The van der Waals surface area contributed by atoms with Crippen LogP contribution in [-0.4, -0.2) is 84.6 Å². The number of pyridine rings is 1. The summed E-state index contributed by atoms with van der Waals surface area (Å²) in [5, 5.41) is 15.1. The third kappa shape index (κ3) is 6.42. The smallest absolute Gasteiger partial charge is 1.00 e. The van der Waals surface area contributed by atoms with Crippen molar-refractivity contribution >= 4 is 64.0 Å². The molecule has 16 heteroatoms. The Kier molecular flexibility index (Phi) is 10.1. The molecule has 2 atom stereocenters. The zero-order valence-corrected chi connectivity index (χ0v) is 27.6. The van der Waals surface area contributed by atoms with E-state index in [9.17, 15) is 24.3 Å². The zero-order chi connectivity index (χ0) is 30.1. The van der Waals surface area contributed by atoms with Crippen molar-refractivity contribution in [3.05, 3.63) is 58.4 Å². The second-order valence-electron chi connectivity index (χ2n) is 10.5. The molecular formula is C28H30N7NaO6S2. The Bertz CT molecular complexity index is 1550. The summed E-state index contributed by atoms with van der Waals surface area (Å²) >= 11 is 2.43. The fraction of sp³-hybridized carbons (Fsp3) is 0.393. The van der Waals surface area contributed by atoms with Crippen LogP contribution in [0, 0.1) is 0 Å². The number of aliphatic carboxylic acids is 1. The van der Waals surface area contributed by atoms with E-state index in [0.717, 1.165) is 48.8 Å². The van der Waals surface area contributed by atoms with Crippen LogP contribution >= 0.6 is 23.1 Å². The molecule has 3 aliphatic heterocycles. The van der Waals surface area contributed by atoms with Gasteiger partial charge < -0.3 is 22.0 Å². The van der Waals surface area contributed by atoms with Gasteiger partial charge in [0.15, 0.2) is 5.13 Å². The number of carboxylic acid groups (broad SMARTS) is 1. The number of likely N-dealkylation sites (tertiary alicyclic amines) is 1. The van der Waals surface area contributed by atoms with Gasteiger partial charge in [0.2, 0.25) is 5.91 Å². The van der Waals surface area contributed by atoms with E-state index < -0.39 is 29.2 Å².